The number of carbonyl (C=O) groups excluding carboxylic acids is 1. The summed E-state index contributed by atoms with van der Waals surface area (Å²) in [5.74, 6) is -0.241. The minimum absolute atomic E-state index is 0.0602. The van der Waals surface area contributed by atoms with Gasteiger partial charge in [-0.25, -0.2) is 14.2 Å². The normalized spacial score (nSPS) is 14.4. The lowest BCUT2D eigenvalue weighted by Gasteiger charge is -2.12. The molecule has 0 bridgehead atoms. The number of methoxy groups -OCH3 is 1. The zero-order chi connectivity index (χ0) is 21.8. The maximum Gasteiger partial charge on any atom is 0.363 e. The molecule has 7 heteroatoms. The third-order valence-corrected chi connectivity index (χ3v) is 4.93. The van der Waals surface area contributed by atoms with E-state index < -0.39 is 11.8 Å². The van der Waals surface area contributed by atoms with Crippen LogP contribution in [0.25, 0.3) is 6.08 Å². The molecule has 0 saturated heterocycles. The predicted molar refractivity (Wildman–Crippen MR) is 116 cm³/mol. The van der Waals surface area contributed by atoms with Crippen molar-refractivity contribution in [3.8, 4) is 11.5 Å². The van der Waals surface area contributed by atoms with Gasteiger partial charge in [0.15, 0.2) is 17.2 Å². The van der Waals surface area contributed by atoms with Crippen molar-refractivity contribution in [1.82, 2.24) is 0 Å². The van der Waals surface area contributed by atoms with E-state index in [0.29, 0.717) is 22.1 Å². The smallest absolute Gasteiger partial charge is 0.363 e. The highest BCUT2D eigenvalue weighted by Crippen LogP contribution is 2.31. The average Bonchev–Trinajstić information content (AvgIpc) is 3.13. The van der Waals surface area contributed by atoms with Gasteiger partial charge in [-0.3, -0.25) is 0 Å². The Balaban J connectivity index is 1.56. The molecule has 4 rings (SSSR count). The average molecular weight is 438 g/mol. The fourth-order valence-corrected chi connectivity index (χ4v) is 3.17. The van der Waals surface area contributed by atoms with Gasteiger partial charge in [0.05, 0.1) is 12.7 Å². The van der Waals surface area contributed by atoms with E-state index in [0.717, 1.165) is 5.56 Å². The molecular weight excluding hydrogens is 421 g/mol. The molecule has 0 fully saturated rings. The van der Waals surface area contributed by atoms with Crippen LogP contribution < -0.4 is 9.47 Å². The van der Waals surface area contributed by atoms with Crippen LogP contribution in [-0.4, -0.2) is 19.0 Å². The number of hydrogen-bond donors (Lipinski definition) is 0. The molecule has 3 aromatic rings. The first-order valence-electron chi connectivity index (χ1n) is 9.37. The Labute approximate surface area is 183 Å². The maximum atomic E-state index is 14.0. The molecule has 0 atom stereocenters. The zero-order valence-corrected chi connectivity index (χ0v) is 17.2. The van der Waals surface area contributed by atoms with E-state index in [9.17, 15) is 9.18 Å². The van der Waals surface area contributed by atoms with Gasteiger partial charge >= 0.3 is 5.97 Å². The molecule has 5 nitrogen and oxygen atoms in total. The molecule has 1 aliphatic heterocycles. The van der Waals surface area contributed by atoms with E-state index in [4.69, 9.17) is 25.8 Å². The van der Waals surface area contributed by atoms with Gasteiger partial charge < -0.3 is 14.2 Å². The van der Waals surface area contributed by atoms with Crippen molar-refractivity contribution in [2.75, 3.05) is 7.11 Å². The lowest BCUT2D eigenvalue weighted by molar-refractivity contribution is -0.129. The van der Waals surface area contributed by atoms with Crippen molar-refractivity contribution in [3.63, 3.8) is 0 Å². The first kappa shape index (κ1) is 20.6. The van der Waals surface area contributed by atoms with Crippen LogP contribution in [0.4, 0.5) is 4.39 Å². The number of esters is 1. The fraction of sp³-hybridized carbons (Fsp3) is 0.0833. The highest BCUT2D eigenvalue weighted by atomic mass is 35.5. The van der Waals surface area contributed by atoms with Crippen LogP contribution in [-0.2, 0) is 16.1 Å². The Kier molecular flexibility index (Phi) is 6.00. The van der Waals surface area contributed by atoms with Crippen molar-refractivity contribution in [3.05, 3.63) is 100.0 Å². The number of carbonyl (C=O) groups is 1. The van der Waals surface area contributed by atoms with Crippen molar-refractivity contribution in [2.45, 2.75) is 6.61 Å². The molecular formula is C24H17ClFNO4. The number of ether oxygens (including phenoxy) is 3. The summed E-state index contributed by atoms with van der Waals surface area (Å²) in [6.45, 7) is 0.277. The predicted octanol–water partition coefficient (Wildman–Crippen LogP) is 5.41. The summed E-state index contributed by atoms with van der Waals surface area (Å²) in [6.07, 6.45) is 1.54. The van der Waals surface area contributed by atoms with E-state index in [1.165, 1.54) is 25.3 Å². The van der Waals surface area contributed by atoms with Gasteiger partial charge in [0.25, 0.3) is 0 Å². The Hall–Kier alpha value is -3.64. The summed E-state index contributed by atoms with van der Waals surface area (Å²) in [5, 5.41) is 0.617. The number of benzene rings is 3. The van der Waals surface area contributed by atoms with Crippen LogP contribution in [0, 0.1) is 5.82 Å². The first-order chi connectivity index (χ1) is 15.0. The van der Waals surface area contributed by atoms with Crippen LogP contribution in [0.15, 0.2) is 77.4 Å². The molecule has 0 spiro atoms. The third kappa shape index (κ3) is 4.59. The molecule has 0 aromatic heterocycles. The Morgan fingerprint density at radius 2 is 1.84 bits per heavy atom. The summed E-state index contributed by atoms with van der Waals surface area (Å²) in [7, 11) is 1.52. The maximum absolute atomic E-state index is 14.0. The summed E-state index contributed by atoms with van der Waals surface area (Å²) in [4.78, 5) is 16.3. The van der Waals surface area contributed by atoms with E-state index in [2.05, 4.69) is 4.99 Å². The summed E-state index contributed by atoms with van der Waals surface area (Å²) < 4.78 is 30.3. The number of hydrogen-bond acceptors (Lipinski definition) is 5. The molecule has 0 aliphatic carbocycles. The van der Waals surface area contributed by atoms with Gasteiger partial charge in [0.1, 0.15) is 12.4 Å². The number of halogens is 2. The van der Waals surface area contributed by atoms with Gasteiger partial charge in [0, 0.05) is 10.6 Å². The lowest BCUT2D eigenvalue weighted by Crippen LogP contribution is -2.07. The van der Waals surface area contributed by atoms with Crippen LogP contribution in [0.3, 0.4) is 0 Å². The molecule has 0 amide bonds. The topological polar surface area (TPSA) is 57.1 Å². The Bertz CT molecular complexity index is 1210. The minimum Gasteiger partial charge on any atom is -0.493 e. The summed E-state index contributed by atoms with van der Waals surface area (Å²) >= 11 is 6.17. The fourth-order valence-electron chi connectivity index (χ4n) is 2.98. The van der Waals surface area contributed by atoms with Gasteiger partial charge in [0.2, 0.25) is 5.90 Å². The van der Waals surface area contributed by atoms with E-state index in [1.807, 2.05) is 18.2 Å². The van der Waals surface area contributed by atoms with E-state index >= 15 is 0 Å². The molecule has 0 saturated carbocycles. The van der Waals surface area contributed by atoms with Crippen molar-refractivity contribution < 1.29 is 23.4 Å². The van der Waals surface area contributed by atoms with Crippen LogP contribution in [0.1, 0.15) is 16.7 Å². The van der Waals surface area contributed by atoms with Gasteiger partial charge in [-0.15, -0.1) is 0 Å². The van der Waals surface area contributed by atoms with Crippen LogP contribution >= 0.6 is 11.6 Å². The number of rotatable bonds is 6. The van der Waals surface area contributed by atoms with Gasteiger partial charge in [-0.1, -0.05) is 48.0 Å². The second kappa shape index (κ2) is 9.02. The first-order valence-corrected chi connectivity index (χ1v) is 9.74. The molecule has 3 aromatic carbocycles. The number of aliphatic imine (C=N–C) groups is 1. The van der Waals surface area contributed by atoms with Gasteiger partial charge in [-0.2, -0.15) is 0 Å². The van der Waals surface area contributed by atoms with Crippen molar-refractivity contribution in [2.24, 2.45) is 4.99 Å². The zero-order valence-electron chi connectivity index (χ0n) is 16.5. The summed E-state index contributed by atoms with van der Waals surface area (Å²) in [6, 6.07) is 18.6. The molecule has 31 heavy (non-hydrogen) atoms. The Morgan fingerprint density at radius 3 is 2.61 bits per heavy atom. The standard InChI is InChI=1S/C24H17ClFNO4/c1-29-22-13-15(10-11-21(22)30-14-16-6-2-4-8-18(16)25)12-20-24(28)31-23(27-20)17-7-3-5-9-19(17)26/h2-13H,14H2,1H3. The highest BCUT2D eigenvalue weighted by molar-refractivity contribution is 6.31. The van der Waals surface area contributed by atoms with E-state index in [1.54, 1.807) is 36.4 Å². The van der Waals surface area contributed by atoms with Crippen molar-refractivity contribution in [1.29, 1.82) is 0 Å². The SMILES string of the molecule is COc1cc(C=C2N=C(c3ccccc3F)OC2=O)ccc1OCc1ccccc1Cl. The van der Waals surface area contributed by atoms with Crippen molar-refractivity contribution >= 4 is 29.5 Å². The highest BCUT2D eigenvalue weighted by Gasteiger charge is 2.26. The van der Waals surface area contributed by atoms with Crippen LogP contribution in [0.2, 0.25) is 5.02 Å². The van der Waals surface area contributed by atoms with Crippen LogP contribution in [0.5, 0.6) is 11.5 Å². The third-order valence-electron chi connectivity index (χ3n) is 4.56. The molecule has 156 valence electrons. The minimum atomic E-state index is -0.656. The second-order valence-electron chi connectivity index (χ2n) is 6.61. The summed E-state index contributed by atoms with van der Waals surface area (Å²) in [5.41, 5.74) is 1.68. The molecule has 0 N–H and O–H groups in total. The molecule has 1 heterocycles. The largest absolute Gasteiger partial charge is 0.493 e. The van der Waals surface area contributed by atoms with E-state index in [-0.39, 0.29) is 23.8 Å². The quantitative estimate of drug-likeness (QED) is 0.382. The number of nitrogens with zero attached hydrogens (tertiary/aromatic N) is 1. The van der Waals surface area contributed by atoms with Gasteiger partial charge in [-0.05, 0) is 42.0 Å². The lowest BCUT2D eigenvalue weighted by atomic mass is 10.1. The number of cyclic esters (lactones) is 1. The molecule has 0 radical (unpaired) electrons. The monoisotopic (exact) mass is 437 g/mol. The Morgan fingerprint density at radius 1 is 1.06 bits per heavy atom. The second-order valence-corrected chi connectivity index (χ2v) is 7.01. The molecule has 1 aliphatic rings. The molecule has 0 unspecified atom stereocenters.